The zero-order valence-electron chi connectivity index (χ0n) is 20.3. The normalized spacial score (nSPS) is 11.6. The number of carboxylic acids is 1. The number of benzene rings is 3. The average Bonchev–Trinajstić information content (AvgIpc) is 3.29. The minimum absolute atomic E-state index is 0. The van der Waals surface area contributed by atoms with Crippen molar-refractivity contribution in [2.75, 3.05) is 12.0 Å². The number of aliphatic carboxylic acids is 1. The monoisotopic (exact) mass is 511 g/mol. The first-order valence-electron chi connectivity index (χ1n) is 11.7. The number of carbonyl (C=O) groups is 2. The van der Waals surface area contributed by atoms with E-state index in [4.69, 9.17) is 9.15 Å². The van der Waals surface area contributed by atoms with Gasteiger partial charge < -0.3 is 19.6 Å². The second-order valence-electron chi connectivity index (χ2n) is 8.58. The molecule has 1 atom stereocenters. The van der Waals surface area contributed by atoms with Gasteiger partial charge in [-0.25, -0.2) is 4.79 Å². The molecule has 0 radical (unpaired) electrons. The van der Waals surface area contributed by atoms with Crippen molar-refractivity contribution >= 4 is 53.5 Å². The molecule has 37 heavy (non-hydrogen) atoms. The first kappa shape index (κ1) is 28.6. The first-order chi connectivity index (χ1) is 17.5. The van der Waals surface area contributed by atoms with E-state index in [0.717, 1.165) is 39.0 Å². The number of carboxylic acid groups (broad SMARTS) is 1. The van der Waals surface area contributed by atoms with E-state index < -0.39 is 17.9 Å². The van der Waals surface area contributed by atoms with Gasteiger partial charge in [-0.3, -0.25) is 4.79 Å². The number of ether oxygens (including phenoxy) is 1. The number of furan rings is 1. The van der Waals surface area contributed by atoms with Crippen molar-refractivity contribution in [2.45, 2.75) is 32.6 Å². The van der Waals surface area contributed by atoms with Crippen LogP contribution >= 0.6 is 11.8 Å². The molecule has 4 rings (SSSR count). The Morgan fingerprint density at radius 3 is 2.49 bits per heavy atom. The molecule has 188 valence electrons. The molecule has 0 aliphatic rings. The Morgan fingerprint density at radius 1 is 1.00 bits per heavy atom. The number of fused-ring (bicyclic) bond motifs is 1. The molecule has 0 unspecified atom stereocenters. The van der Waals surface area contributed by atoms with Crippen LogP contribution < -0.4 is 5.32 Å². The molecule has 3 aromatic carbocycles. The molecule has 2 N–H and O–H groups in total. The quantitative estimate of drug-likeness (QED) is 0.262. The number of nitrogens with one attached hydrogen (secondary N) is 1. The second kappa shape index (κ2) is 13.6. The van der Waals surface area contributed by atoms with Crippen molar-refractivity contribution in [3.05, 3.63) is 95.2 Å². The van der Waals surface area contributed by atoms with Crippen LogP contribution in [-0.4, -0.2) is 53.9 Å². The molecule has 0 aliphatic heterocycles. The van der Waals surface area contributed by atoms with Gasteiger partial charge in [0.1, 0.15) is 24.0 Å². The summed E-state index contributed by atoms with van der Waals surface area (Å²) in [4.78, 5) is 24.9. The summed E-state index contributed by atoms with van der Waals surface area (Å²) in [7, 11) is 0. The number of hydrogen-bond acceptors (Lipinski definition) is 5. The molecule has 0 saturated carbocycles. The van der Waals surface area contributed by atoms with E-state index in [1.165, 1.54) is 0 Å². The predicted molar refractivity (Wildman–Crippen MR) is 150 cm³/mol. The van der Waals surface area contributed by atoms with Crippen LogP contribution in [0.5, 0.6) is 0 Å². The fraction of sp³-hybridized carbons (Fsp3) is 0.241. The molecule has 1 heterocycles. The zero-order chi connectivity index (χ0) is 25.5. The van der Waals surface area contributed by atoms with Crippen LogP contribution in [0.2, 0.25) is 0 Å². The predicted octanol–water partition coefficient (Wildman–Crippen LogP) is 5.41. The van der Waals surface area contributed by atoms with Crippen LogP contribution in [0.4, 0.5) is 0 Å². The van der Waals surface area contributed by atoms with E-state index in [-0.39, 0.29) is 18.9 Å². The Hall–Kier alpha value is -2.95. The summed E-state index contributed by atoms with van der Waals surface area (Å²) < 4.78 is 11.7. The Balaban J connectivity index is 0.00000380. The van der Waals surface area contributed by atoms with Gasteiger partial charge >= 0.3 is 24.8 Å². The van der Waals surface area contributed by atoms with E-state index in [1.807, 2.05) is 79.9 Å². The van der Waals surface area contributed by atoms with Gasteiger partial charge in [-0.15, -0.1) is 0 Å². The van der Waals surface area contributed by atoms with Gasteiger partial charge in [0.25, 0.3) is 5.91 Å². The van der Waals surface area contributed by atoms with Crippen molar-refractivity contribution in [3.63, 3.8) is 0 Å². The summed E-state index contributed by atoms with van der Waals surface area (Å²) in [5.74, 6) is -0.0538. The van der Waals surface area contributed by atoms with Crippen molar-refractivity contribution < 1.29 is 23.8 Å². The summed E-state index contributed by atoms with van der Waals surface area (Å²) in [5, 5.41) is 13.3. The van der Waals surface area contributed by atoms with Crippen LogP contribution in [0.1, 0.15) is 33.7 Å². The van der Waals surface area contributed by atoms with E-state index in [9.17, 15) is 14.7 Å². The molecule has 0 spiro atoms. The SMILES string of the molecule is CSCC[C@H](NC(=O)c1ccc(COCc2cc3ccccc3o2)cc1-c1ccccc1C)C(=O)O.[LiH]. The van der Waals surface area contributed by atoms with Gasteiger partial charge in [-0.05, 0) is 71.9 Å². The van der Waals surface area contributed by atoms with E-state index in [2.05, 4.69) is 5.32 Å². The van der Waals surface area contributed by atoms with Crippen molar-refractivity contribution in [3.8, 4) is 11.1 Å². The zero-order valence-corrected chi connectivity index (χ0v) is 21.1. The molecule has 0 saturated heterocycles. The summed E-state index contributed by atoms with van der Waals surface area (Å²) >= 11 is 1.55. The van der Waals surface area contributed by atoms with Gasteiger partial charge in [0, 0.05) is 10.9 Å². The average molecular weight is 512 g/mol. The Bertz CT molecular complexity index is 1340. The van der Waals surface area contributed by atoms with Gasteiger partial charge in [-0.2, -0.15) is 11.8 Å². The molecule has 0 aliphatic carbocycles. The topological polar surface area (TPSA) is 88.8 Å². The molecule has 0 fully saturated rings. The van der Waals surface area contributed by atoms with Crippen LogP contribution in [0.3, 0.4) is 0 Å². The third-order valence-corrected chi connectivity index (χ3v) is 6.61. The van der Waals surface area contributed by atoms with E-state index >= 15 is 0 Å². The van der Waals surface area contributed by atoms with Gasteiger partial charge in [-0.1, -0.05) is 48.5 Å². The molecular weight excluding hydrogens is 481 g/mol. The van der Waals surface area contributed by atoms with E-state index in [0.29, 0.717) is 31.0 Å². The maximum absolute atomic E-state index is 13.2. The number of hydrogen-bond donors (Lipinski definition) is 2. The number of carbonyl (C=O) groups excluding carboxylic acids is 1. The minimum atomic E-state index is -1.04. The summed E-state index contributed by atoms with van der Waals surface area (Å²) in [6, 6.07) is 22.2. The molecule has 1 amide bonds. The van der Waals surface area contributed by atoms with Gasteiger partial charge in [0.05, 0.1) is 6.61 Å². The van der Waals surface area contributed by atoms with E-state index in [1.54, 1.807) is 17.8 Å². The van der Waals surface area contributed by atoms with Crippen LogP contribution in [-0.2, 0) is 22.7 Å². The molecule has 4 aromatic rings. The van der Waals surface area contributed by atoms with Crippen LogP contribution in [0, 0.1) is 6.92 Å². The molecule has 8 heteroatoms. The number of aryl methyl sites for hydroxylation is 1. The van der Waals surface area contributed by atoms with Crippen molar-refractivity contribution in [1.29, 1.82) is 0 Å². The molecule has 0 bridgehead atoms. The maximum atomic E-state index is 13.2. The third-order valence-electron chi connectivity index (χ3n) is 5.97. The Kier molecular flexibility index (Phi) is 10.5. The Labute approximate surface area is 233 Å². The third kappa shape index (κ3) is 7.30. The summed E-state index contributed by atoms with van der Waals surface area (Å²) in [6.07, 6.45) is 2.27. The first-order valence-corrected chi connectivity index (χ1v) is 13.1. The molecular formula is C29H30LiNO5S. The Morgan fingerprint density at radius 2 is 1.76 bits per heavy atom. The summed E-state index contributed by atoms with van der Waals surface area (Å²) in [5.41, 5.74) is 4.83. The second-order valence-corrected chi connectivity index (χ2v) is 9.57. The van der Waals surface area contributed by atoms with Crippen molar-refractivity contribution in [2.24, 2.45) is 0 Å². The van der Waals surface area contributed by atoms with Crippen LogP contribution in [0.15, 0.2) is 77.2 Å². The number of rotatable bonds is 11. The fourth-order valence-corrected chi connectivity index (χ4v) is 4.56. The standard InChI is InChI=1S/C29H29NO5S.Li.H/c1-19-7-3-5-9-23(19)25-15-20(17-34-18-22-16-21-8-4-6-10-27(21)35-22)11-12-24(25)28(31)30-26(29(32)33)13-14-36-2;;/h3-12,15-16,26H,13-14,17-18H2,1-2H3,(H,30,31)(H,32,33);;/t26-;;/m0../s1. The summed E-state index contributed by atoms with van der Waals surface area (Å²) in [6.45, 7) is 2.65. The van der Waals surface area contributed by atoms with Crippen molar-refractivity contribution in [1.82, 2.24) is 5.32 Å². The molecule has 6 nitrogen and oxygen atoms in total. The number of para-hydroxylation sites is 1. The number of thioether (sulfide) groups is 1. The van der Waals surface area contributed by atoms with Gasteiger partial charge in [0.2, 0.25) is 0 Å². The van der Waals surface area contributed by atoms with Gasteiger partial charge in [0.15, 0.2) is 0 Å². The number of amides is 1. The fourth-order valence-electron chi connectivity index (χ4n) is 4.08. The molecule has 1 aromatic heterocycles. The van der Waals surface area contributed by atoms with Crippen LogP contribution in [0.25, 0.3) is 22.1 Å².